The molecule has 5 heteroatoms. The van der Waals surface area contributed by atoms with E-state index in [1.54, 1.807) is 6.92 Å². The van der Waals surface area contributed by atoms with E-state index >= 15 is 0 Å². The molecule has 0 radical (unpaired) electrons. The first-order valence-electron chi connectivity index (χ1n) is 3.56. The molecule has 0 heterocycles. The van der Waals surface area contributed by atoms with Crippen LogP contribution in [-0.4, -0.2) is 24.2 Å². The van der Waals surface area contributed by atoms with Crippen LogP contribution in [0.15, 0.2) is 5.10 Å². The van der Waals surface area contributed by atoms with Gasteiger partial charge in [-0.05, 0) is 13.8 Å². The molecular formula is C7H12N2O3. The van der Waals surface area contributed by atoms with Gasteiger partial charge in [-0.1, -0.05) is 0 Å². The number of nitrogens with zero attached hydrogens (tertiary/aromatic N) is 1. The van der Waals surface area contributed by atoms with Crippen LogP contribution >= 0.6 is 0 Å². The molecule has 0 spiro atoms. The first-order valence-corrected chi connectivity index (χ1v) is 3.56. The van der Waals surface area contributed by atoms with Gasteiger partial charge in [0.1, 0.15) is 5.71 Å². The number of esters is 1. The largest absolute Gasteiger partial charge is 0.461 e. The SMILES string of the molecule is CCOC(=O)C(C)=NNC(C)=O. The summed E-state index contributed by atoms with van der Waals surface area (Å²) in [5, 5.41) is 3.48. The summed E-state index contributed by atoms with van der Waals surface area (Å²) in [4.78, 5) is 21.2. The second-order valence-electron chi connectivity index (χ2n) is 2.09. The summed E-state index contributed by atoms with van der Waals surface area (Å²) in [5.74, 6) is -0.843. The van der Waals surface area contributed by atoms with E-state index in [9.17, 15) is 9.59 Å². The molecular weight excluding hydrogens is 160 g/mol. The molecule has 1 N–H and O–H groups in total. The topological polar surface area (TPSA) is 67.8 Å². The molecule has 0 aromatic rings. The van der Waals surface area contributed by atoms with E-state index in [-0.39, 0.29) is 11.6 Å². The van der Waals surface area contributed by atoms with Crippen molar-refractivity contribution in [2.24, 2.45) is 5.10 Å². The number of nitrogens with one attached hydrogen (secondary N) is 1. The quantitative estimate of drug-likeness (QED) is 0.372. The summed E-state index contributed by atoms with van der Waals surface area (Å²) < 4.78 is 4.61. The van der Waals surface area contributed by atoms with Crippen molar-refractivity contribution in [3.05, 3.63) is 0 Å². The average Bonchev–Trinajstić information content (AvgIpc) is 2.00. The molecule has 0 aliphatic carbocycles. The molecule has 0 aliphatic heterocycles. The summed E-state index contributed by atoms with van der Waals surface area (Å²) in [5.41, 5.74) is 2.26. The normalized spacial score (nSPS) is 10.8. The van der Waals surface area contributed by atoms with E-state index in [0.717, 1.165) is 0 Å². The lowest BCUT2D eigenvalue weighted by atomic mass is 10.4. The lowest BCUT2D eigenvalue weighted by molar-refractivity contribution is -0.135. The Morgan fingerprint density at radius 2 is 2.00 bits per heavy atom. The monoisotopic (exact) mass is 172 g/mol. The van der Waals surface area contributed by atoms with Crippen molar-refractivity contribution >= 4 is 17.6 Å². The van der Waals surface area contributed by atoms with Crippen molar-refractivity contribution in [2.45, 2.75) is 20.8 Å². The summed E-state index contributed by atoms with van der Waals surface area (Å²) in [6, 6.07) is 0. The number of hydrogen-bond donors (Lipinski definition) is 1. The first-order chi connectivity index (χ1) is 5.57. The molecule has 12 heavy (non-hydrogen) atoms. The lowest BCUT2D eigenvalue weighted by Gasteiger charge is -1.99. The smallest absolute Gasteiger partial charge is 0.354 e. The minimum atomic E-state index is -0.522. The molecule has 1 amide bonds. The van der Waals surface area contributed by atoms with Crippen molar-refractivity contribution in [3.63, 3.8) is 0 Å². The highest BCUT2D eigenvalue weighted by atomic mass is 16.5. The van der Waals surface area contributed by atoms with Gasteiger partial charge in [-0.3, -0.25) is 4.79 Å². The molecule has 0 saturated carbocycles. The van der Waals surface area contributed by atoms with Crippen LogP contribution < -0.4 is 5.43 Å². The highest BCUT2D eigenvalue weighted by Gasteiger charge is 2.05. The second-order valence-corrected chi connectivity index (χ2v) is 2.09. The summed E-state index contributed by atoms with van der Waals surface area (Å²) in [7, 11) is 0. The van der Waals surface area contributed by atoms with Gasteiger partial charge in [-0.2, -0.15) is 5.10 Å². The fourth-order valence-electron chi connectivity index (χ4n) is 0.444. The zero-order valence-electron chi connectivity index (χ0n) is 7.38. The van der Waals surface area contributed by atoms with Gasteiger partial charge in [0.05, 0.1) is 6.61 Å². The van der Waals surface area contributed by atoms with Crippen molar-refractivity contribution in [1.82, 2.24) is 5.43 Å². The van der Waals surface area contributed by atoms with Gasteiger partial charge < -0.3 is 4.74 Å². The fourth-order valence-corrected chi connectivity index (χ4v) is 0.444. The predicted molar refractivity (Wildman–Crippen MR) is 43.6 cm³/mol. The zero-order chi connectivity index (χ0) is 9.56. The molecule has 0 fully saturated rings. The van der Waals surface area contributed by atoms with Gasteiger partial charge in [0.25, 0.3) is 0 Å². The van der Waals surface area contributed by atoms with E-state index in [4.69, 9.17) is 0 Å². The van der Waals surface area contributed by atoms with Gasteiger partial charge in [0, 0.05) is 6.92 Å². The maximum absolute atomic E-state index is 10.9. The molecule has 0 atom stereocenters. The maximum Gasteiger partial charge on any atom is 0.354 e. The Balaban J connectivity index is 3.99. The molecule has 0 aliphatic rings. The molecule has 68 valence electrons. The standard InChI is InChI=1S/C7H12N2O3/c1-4-12-7(11)5(2)8-9-6(3)10/h4H2,1-3H3,(H,9,10). The Hall–Kier alpha value is -1.39. The highest BCUT2D eigenvalue weighted by molar-refractivity contribution is 6.35. The first kappa shape index (κ1) is 10.6. The number of amides is 1. The van der Waals surface area contributed by atoms with Crippen LogP contribution in [0.5, 0.6) is 0 Å². The van der Waals surface area contributed by atoms with E-state index in [2.05, 4.69) is 15.3 Å². The Kier molecular flexibility index (Phi) is 4.67. The lowest BCUT2D eigenvalue weighted by Crippen LogP contribution is -2.20. The number of ether oxygens (including phenoxy) is 1. The van der Waals surface area contributed by atoms with Crippen LogP contribution in [-0.2, 0) is 14.3 Å². The highest BCUT2D eigenvalue weighted by Crippen LogP contribution is 1.82. The number of carbonyl (C=O) groups excluding carboxylic acids is 2. The van der Waals surface area contributed by atoms with Crippen molar-refractivity contribution < 1.29 is 14.3 Å². The van der Waals surface area contributed by atoms with Gasteiger partial charge in [0.15, 0.2) is 0 Å². The number of carbonyl (C=O) groups is 2. The van der Waals surface area contributed by atoms with Crippen LogP contribution in [0.2, 0.25) is 0 Å². The second kappa shape index (κ2) is 5.29. The summed E-state index contributed by atoms with van der Waals surface area (Å²) in [6.07, 6.45) is 0. The van der Waals surface area contributed by atoms with E-state index < -0.39 is 5.97 Å². The minimum absolute atomic E-state index is 0.132. The van der Waals surface area contributed by atoms with Gasteiger partial charge >= 0.3 is 5.97 Å². The van der Waals surface area contributed by atoms with Crippen molar-refractivity contribution in [1.29, 1.82) is 0 Å². The van der Waals surface area contributed by atoms with Gasteiger partial charge in [0.2, 0.25) is 5.91 Å². The zero-order valence-corrected chi connectivity index (χ0v) is 7.38. The summed E-state index contributed by atoms with van der Waals surface area (Å²) >= 11 is 0. The Labute approximate surface area is 70.8 Å². The number of rotatable bonds is 3. The van der Waals surface area contributed by atoms with Crippen LogP contribution in [0.25, 0.3) is 0 Å². The third-order valence-electron chi connectivity index (χ3n) is 0.952. The molecule has 0 aromatic carbocycles. The number of hydrazone groups is 1. The van der Waals surface area contributed by atoms with E-state index in [1.807, 2.05) is 0 Å². The van der Waals surface area contributed by atoms with Crippen LogP contribution in [0.1, 0.15) is 20.8 Å². The fraction of sp³-hybridized carbons (Fsp3) is 0.571. The Bertz CT molecular complexity index is 211. The maximum atomic E-state index is 10.9. The summed E-state index contributed by atoms with van der Waals surface area (Å²) in [6.45, 7) is 4.77. The third-order valence-corrected chi connectivity index (χ3v) is 0.952. The molecule has 5 nitrogen and oxygen atoms in total. The van der Waals surface area contributed by atoms with Gasteiger partial charge in [-0.25, -0.2) is 10.2 Å². The molecule has 0 rings (SSSR count). The molecule has 0 aromatic heterocycles. The molecule has 0 bridgehead atoms. The number of hydrogen-bond acceptors (Lipinski definition) is 4. The Morgan fingerprint density at radius 3 is 2.42 bits per heavy atom. The molecule has 0 unspecified atom stereocenters. The molecule has 0 saturated heterocycles. The van der Waals surface area contributed by atoms with Crippen LogP contribution in [0, 0.1) is 0 Å². The Morgan fingerprint density at radius 1 is 1.42 bits per heavy atom. The van der Waals surface area contributed by atoms with Crippen LogP contribution in [0.4, 0.5) is 0 Å². The van der Waals surface area contributed by atoms with Gasteiger partial charge in [-0.15, -0.1) is 0 Å². The van der Waals surface area contributed by atoms with E-state index in [1.165, 1.54) is 13.8 Å². The third kappa shape index (κ3) is 4.43. The van der Waals surface area contributed by atoms with E-state index in [0.29, 0.717) is 6.61 Å². The van der Waals surface area contributed by atoms with Crippen molar-refractivity contribution in [2.75, 3.05) is 6.61 Å². The van der Waals surface area contributed by atoms with Crippen LogP contribution in [0.3, 0.4) is 0 Å². The average molecular weight is 172 g/mol. The predicted octanol–water partition coefficient (Wildman–Crippen LogP) is 0.0615. The van der Waals surface area contributed by atoms with Crippen molar-refractivity contribution in [3.8, 4) is 0 Å². The minimum Gasteiger partial charge on any atom is -0.461 e.